The largest absolute Gasteiger partial charge is 0.490 e. The highest BCUT2D eigenvalue weighted by atomic mass is 19.1. The molecule has 2 aromatic heterocycles. The minimum Gasteiger partial charge on any atom is -0.490 e. The minimum absolute atomic E-state index is 0.310. The number of nitrogens with zero attached hydrogens (tertiary/aromatic N) is 2. The zero-order valence-electron chi connectivity index (χ0n) is 18.7. The number of anilines is 1. The van der Waals surface area contributed by atoms with Gasteiger partial charge in [-0.3, -0.25) is 0 Å². The maximum Gasteiger partial charge on any atom is 0.344 e. The summed E-state index contributed by atoms with van der Waals surface area (Å²) < 4.78 is 30.7. The fourth-order valence-electron chi connectivity index (χ4n) is 3.43. The van der Waals surface area contributed by atoms with Crippen molar-refractivity contribution < 1.29 is 28.2 Å². The third-order valence-corrected chi connectivity index (χ3v) is 5.18. The molecule has 0 saturated carbocycles. The Balaban J connectivity index is 1.47. The van der Waals surface area contributed by atoms with Gasteiger partial charge in [0.25, 0.3) is 0 Å². The predicted molar refractivity (Wildman–Crippen MR) is 125 cm³/mol. The number of rotatable bonds is 10. The summed E-state index contributed by atoms with van der Waals surface area (Å²) in [6, 6.07) is 11.9. The van der Waals surface area contributed by atoms with E-state index in [2.05, 4.69) is 15.3 Å². The Kier molecular flexibility index (Phi) is 6.91. The van der Waals surface area contributed by atoms with Crippen LogP contribution in [0.1, 0.15) is 19.4 Å². The molecule has 9 heteroatoms. The van der Waals surface area contributed by atoms with E-state index in [1.165, 1.54) is 25.6 Å². The second-order valence-electron chi connectivity index (χ2n) is 7.56. The number of ether oxygens (including phenoxy) is 2. The Morgan fingerprint density at radius 1 is 1.18 bits per heavy atom. The summed E-state index contributed by atoms with van der Waals surface area (Å²) in [6.45, 7) is 4.14. The summed E-state index contributed by atoms with van der Waals surface area (Å²) in [5.74, 6) is -0.0262. The van der Waals surface area contributed by atoms with E-state index in [0.717, 1.165) is 10.9 Å². The van der Waals surface area contributed by atoms with Crippen LogP contribution >= 0.6 is 0 Å². The molecule has 0 aliphatic heterocycles. The average Bonchev–Trinajstić information content (AvgIpc) is 3.27. The molecular weight excluding hydrogens is 441 g/mol. The van der Waals surface area contributed by atoms with Gasteiger partial charge in [-0.05, 0) is 56.2 Å². The van der Waals surface area contributed by atoms with E-state index in [9.17, 15) is 9.18 Å². The van der Waals surface area contributed by atoms with Gasteiger partial charge in [-0.2, -0.15) is 0 Å². The monoisotopic (exact) mass is 465 g/mol. The Labute approximate surface area is 195 Å². The molecule has 2 N–H and O–H groups in total. The Morgan fingerprint density at radius 2 is 2.03 bits per heavy atom. The number of fused-ring (bicyclic) bond motifs is 1. The van der Waals surface area contributed by atoms with Crippen molar-refractivity contribution in [1.82, 2.24) is 9.97 Å². The van der Waals surface area contributed by atoms with Crippen LogP contribution in [0.3, 0.4) is 0 Å². The van der Waals surface area contributed by atoms with Gasteiger partial charge in [-0.1, -0.05) is 0 Å². The van der Waals surface area contributed by atoms with Crippen LogP contribution in [0.5, 0.6) is 11.5 Å². The second-order valence-corrected chi connectivity index (χ2v) is 7.56. The summed E-state index contributed by atoms with van der Waals surface area (Å²) in [6.07, 6.45) is 2.43. The van der Waals surface area contributed by atoms with Gasteiger partial charge in [0.15, 0.2) is 17.6 Å². The number of hydrogen-bond donors (Lipinski definition) is 2. The van der Waals surface area contributed by atoms with E-state index in [4.69, 9.17) is 19.0 Å². The molecule has 2 aromatic carbocycles. The first kappa shape index (κ1) is 23.0. The van der Waals surface area contributed by atoms with Gasteiger partial charge in [0.05, 0.1) is 18.6 Å². The molecule has 34 heavy (non-hydrogen) atoms. The van der Waals surface area contributed by atoms with Gasteiger partial charge in [0.1, 0.15) is 23.5 Å². The molecule has 1 atom stereocenters. The summed E-state index contributed by atoms with van der Waals surface area (Å²) in [4.78, 5) is 19.7. The molecule has 0 fully saturated rings. The first-order valence-corrected chi connectivity index (χ1v) is 10.8. The number of halogens is 1. The van der Waals surface area contributed by atoms with E-state index < -0.39 is 12.1 Å². The minimum atomic E-state index is -1.07. The number of benzene rings is 2. The maximum atomic E-state index is 14.3. The first-order valence-electron chi connectivity index (χ1n) is 10.8. The van der Waals surface area contributed by atoms with Crippen LogP contribution in [-0.2, 0) is 11.2 Å². The predicted octanol–water partition coefficient (Wildman–Crippen LogP) is 4.93. The van der Waals surface area contributed by atoms with Crippen LogP contribution < -0.4 is 14.8 Å². The molecule has 4 aromatic rings. The molecule has 0 bridgehead atoms. The van der Waals surface area contributed by atoms with E-state index >= 15 is 0 Å². The van der Waals surface area contributed by atoms with Crippen molar-refractivity contribution in [2.75, 3.05) is 18.5 Å². The molecule has 0 aliphatic rings. The maximum absolute atomic E-state index is 14.3. The lowest BCUT2D eigenvalue weighted by Crippen LogP contribution is -2.23. The first-order chi connectivity index (χ1) is 16.4. The molecule has 176 valence electrons. The molecule has 2 heterocycles. The number of nitrogens with one attached hydrogen (secondary N) is 1. The Bertz CT molecular complexity index is 1310. The molecule has 0 saturated heterocycles. The number of carboxylic acid groups (broad SMARTS) is 1. The topological polar surface area (TPSA) is 107 Å². The lowest BCUT2D eigenvalue weighted by molar-refractivity contribution is -0.144. The fraction of sp³-hybridized carbons (Fsp3) is 0.240. The fourth-order valence-corrected chi connectivity index (χ4v) is 3.43. The van der Waals surface area contributed by atoms with Crippen LogP contribution in [0.2, 0.25) is 0 Å². The highest BCUT2D eigenvalue weighted by Crippen LogP contribution is 2.33. The van der Waals surface area contributed by atoms with Crippen LogP contribution in [0, 0.1) is 5.82 Å². The van der Waals surface area contributed by atoms with E-state index in [1.54, 1.807) is 36.4 Å². The Hall–Kier alpha value is -4.14. The number of carboxylic acids is 1. The lowest BCUT2D eigenvalue weighted by atomic mass is 10.1. The zero-order valence-corrected chi connectivity index (χ0v) is 18.7. The molecule has 0 amide bonds. The van der Waals surface area contributed by atoms with E-state index in [-0.39, 0.29) is 5.82 Å². The second kappa shape index (κ2) is 10.2. The van der Waals surface area contributed by atoms with Crippen molar-refractivity contribution in [3.8, 4) is 22.8 Å². The molecule has 0 spiro atoms. The van der Waals surface area contributed by atoms with Gasteiger partial charge in [0, 0.05) is 29.6 Å². The highest BCUT2D eigenvalue weighted by Gasteiger charge is 2.17. The molecule has 4 rings (SSSR count). The van der Waals surface area contributed by atoms with Gasteiger partial charge in [0.2, 0.25) is 0 Å². The van der Waals surface area contributed by atoms with Crippen molar-refractivity contribution in [3.05, 3.63) is 66.4 Å². The number of carbonyl (C=O) groups is 1. The normalized spacial score (nSPS) is 11.9. The van der Waals surface area contributed by atoms with Crippen LogP contribution in [0.15, 0.2) is 59.5 Å². The number of aromatic nitrogens is 2. The Morgan fingerprint density at radius 3 is 2.82 bits per heavy atom. The van der Waals surface area contributed by atoms with Crippen molar-refractivity contribution in [1.29, 1.82) is 0 Å². The SMILES string of the molecule is CCOc1cc(-c2cc(NCCc3cc4ccoc4cc3F)ncn2)ccc1OC(C)C(=O)O. The highest BCUT2D eigenvalue weighted by molar-refractivity contribution is 5.78. The number of hydrogen-bond acceptors (Lipinski definition) is 7. The number of furan rings is 1. The lowest BCUT2D eigenvalue weighted by Gasteiger charge is -2.15. The molecule has 8 nitrogen and oxygen atoms in total. The summed E-state index contributed by atoms with van der Waals surface area (Å²) in [5.41, 5.74) is 2.50. The quantitative estimate of drug-likeness (QED) is 0.339. The van der Waals surface area contributed by atoms with Crippen LogP contribution in [-0.4, -0.2) is 40.3 Å². The van der Waals surface area contributed by atoms with Gasteiger partial charge >= 0.3 is 5.97 Å². The van der Waals surface area contributed by atoms with E-state index in [0.29, 0.717) is 53.7 Å². The molecule has 0 aliphatic carbocycles. The van der Waals surface area contributed by atoms with Crippen LogP contribution in [0.25, 0.3) is 22.2 Å². The van der Waals surface area contributed by atoms with Crippen molar-refractivity contribution >= 4 is 22.8 Å². The van der Waals surface area contributed by atoms with E-state index in [1.807, 2.05) is 6.92 Å². The zero-order chi connectivity index (χ0) is 24.1. The molecule has 0 radical (unpaired) electrons. The third-order valence-electron chi connectivity index (χ3n) is 5.18. The summed E-state index contributed by atoms with van der Waals surface area (Å²) in [7, 11) is 0. The summed E-state index contributed by atoms with van der Waals surface area (Å²) in [5, 5.41) is 13.2. The van der Waals surface area contributed by atoms with Gasteiger partial charge in [-0.15, -0.1) is 0 Å². The van der Waals surface area contributed by atoms with Gasteiger partial charge < -0.3 is 24.3 Å². The summed E-state index contributed by atoms with van der Waals surface area (Å²) >= 11 is 0. The molecule has 1 unspecified atom stereocenters. The standard InChI is InChI=1S/C25H24FN3O5/c1-3-32-23-11-17(4-5-21(23)34-15(2)25(30)31)20-13-24(29-14-28-20)27-8-6-16-10-18-7-9-33-22(18)12-19(16)26/h4-5,7,9-15H,3,6,8H2,1-2H3,(H,30,31)(H,27,28,29). The van der Waals surface area contributed by atoms with Crippen molar-refractivity contribution in [3.63, 3.8) is 0 Å². The van der Waals surface area contributed by atoms with Gasteiger partial charge in [-0.25, -0.2) is 19.2 Å². The average molecular weight is 465 g/mol. The number of aliphatic carboxylic acids is 1. The smallest absolute Gasteiger partial charge is 0.344 e. The molecular formula is C25H24FN3O5. The third kappa shape index (κ3) is 5.25. The van der Waals surface area contributed by atoms with Crippen molar-refractivity contribution in [2.45, 2.75) is 26.4 Å². The van der Waals surface area contributed by atoms with Crippen molar-refractivity contribution in [2.24, 2.45) is 0 Å². The van der Waals surface area contributed by atoms with Crippen LogP contribution in [0.4, 0.5) is 10.2 Å².